The molecule has 2 amide bonds. The molecule has 0 bridgehead atoms. The molecule has 0 atom stereocenters. The van der Waals surface area contributed by atoms with E-state index in [1.54, 1.807) is 30.3 Å². The number of nitrogens with zero attached hydrogens (tertiary/aromatic N) is 2. The van der Waals surface area contributed by atoms with Gasteiger partial charge in [-0.2, -0.15) is 5.10 Å². The van der Waals surface area contributed by atoms with Crippen LogP contribution in [0.4, 0.5) is 5.69 Å². The Morgan fingerprint density at radius 2 is 1.32 bits per heavy atom. The number of imide groups is 1. The molecule has 0 saturated heterocycles. The molecule has 6 nitrogen and oxygen atoms in total. The van der Waals surface area contributed by atoms with Gasteiger partial charge in [0.1, 0.15) is 5.71 Å². The molecule has 0 aromatic heterocycles. The predicted molar refractivity (Wildman–Crippen MR) is 152 cm³/mol. The third-order valence-corrected chi connectivity index (χ3v) is 6.74. The molecule has 0 radical (unpaired) electrons. The average Bonchev–Trinajstić information content (AvgIpc) is 3.20. The van der Waals surface area contributed by atoms with E-state index in [9.17, 15) is 14.4 Å². The number of benzene rings is 4. The third-order valence-electron chi connectivity index (χ3n) is 6.31. The van der Waals surface area contributed by atoms with Gasteiger partial charge in [0.2, 0.25) is 0 Å². The van der Waals surface area contributed by atoms with Crippen molar-refractivity contribution in [2.75, 3.05) is 5.43 Å². The van der Waals surface area contributed by atoms with Crippen LogP contribution in [0, 0.1) is 0 Å². The molecule has 1 N–H and O–H groups in total. The van der Waals surface area contributed by atoms with Crippen LogP contribution < -0.4 is 5.43 Å². The molecule has 0 spiro atoms. The zero-order chi connectivity index (χ0) is 26.6. The lowest BCUT2D eigenvalue weighted by molar-refractivity contribution is -0.110. The second-order valence-corrected chi connectivity index (χ2v) is 9.16. The second kappa shape index (κ2) is 10.7. The number of carbonyl (C=O) groups is 3. The number of hydrazone groups is 1. The van der Waals surface area contributed by atoms with Crippen LogP contribution in [-0.2, 0) is 4.79 Å². The molecule has 1 aliphatic heterocycles. The molecule has 7 heteroatoms. The Morgan fingerprint density at radius 1 is 0.763 bits per heavy atom. The molecule has 0 unspecified atom stereocenters. The van der Waals surface area contributed by atoms with E-state index in [1.807, 2.05) is 78.9 Å². The first-order chi connectivity index (χ1) is 18.5. The Balaban J connectivity index is 1.53. The number of fused-ring (bicyclic) bond motifs is 1. The number of nitrogens with one attached hydrogen (secondary N) is 1. The summed E-state index contributed by atoms with van der Waals surface area (Å²) in [7, 11) is 0. The molecule has 186 valence electrons. The van der Waals surface area contributed by atoms with Crippen LogP contribution in [0.15, 0.2) is 114 Å². The highest BCUT2D eigenvalue weighted by Crippen LogP contribution is 2.38. The molecule has 0 aliphatic carbocycles. The van der Waals surface area contributed by atoms with Gasteiger partial charge in [-0.25, -0.2) is 0 Å². The summed E-state index contributed by atoms with van der Waals surface area (Å²) in [5, 5.41) is 4.29. The summed E-state index contributed by atoms with van der Waals surface area (Å²) in [6, 6.07) is 32.3. The molecule has 4 aromatic rings. The number of anilines is 1. The lowest BCUT2D eigenvalue weighted by atomic mass is 9.97. The molecule has 1 aliphatic rings. The predicted octanol–water partition coefficient (Wildman–Crippen LogP) is 5.85. The van der Waals surface area contributed by atoms with Gasteiger partial charge in [-0.15, -0.1) is 0 Å². The van der Waals surface area contributed by atoms with Crippen LogP contribution in [-0.4, -0.2) is 33.1 Å². The van der Waals surface area contributed by atoms with Crippen molar-refractivity contribution in [3.8, 4) is 0 Å². The topological polar surface area (TPSA) is 78.8 Å². The van der Waals surface area contributed by atoms with Crippen molar-refractivity contribution in [2.24, 2.45) is 5.10 Å². The number of amides is 2. The monoisotopic (exact) mass is 517 g/mol. The first-order valence-electron chi connectivity index (χ1n) is 12.0. The van der Waals surface area contributed by atoms with E-state index in [0.29, 0.717) is 11.3 Å². The first-order valence-corrected chi connectivity index (χ1v) is 12.4. The number of carbonyl (C=O) groups excluding carboxylic acids is 3. The van der Waals surface area contributed by atoms with Crippen molar-refractivity contribution in [1.29, 1.82) is 0 Å². The standard InChI is InChI=1S/C31H23N3O3S/c1-20(35)27(29(38)23-16-9-4-10-17-23)33-32-25-19-11-18-24-26(25)31(37)34(30(24)36)28(21-12-5-2-6-13-21)22-14-7-3-8-15-22/h2-19,28,32H,1H3. The fourth-order valence-corrected chi connectivity index (χ4v) is 4.85. The van der Waals surface area contributed by atoms with Gasteiger partial charge >= 0.3 is 0 Å². The fourth-order valence-electron chi connectivity index (χ4n) is 4.52. The van der Waals surface area contributed by atoms with Crippen LogP contribution in [0.1, 0.15) is 50.4 Å². The Kier molecular flexibility index (Phi) is 7.02. The third kappa shape index (κ3) is 4.67. The number of thiocarbonyl (C=S) groups is 1. The van der Waals surface area contributed by atoms with Gasteiger partial charge in [-0.3, -0.25) is 24.7 Å². The SMILES string of the molecule is CC(=O)C(=NNc1cccc2c1C(=O)N(C(c1ccccc1)c1ccccc1)C2=O)C(=S)c1ccccc1. The molecule has 5 rings (SSSR count). The van der Waals surface area contributed by atoms with Crippen LogP contribution in [0.5, 0.6) is 0 Å². The van der Waals surface area contributed by atoms with Gasteiger partial charge in [0.25, 0.3) is 11.8 Å². The molecular formula is C31H23N3O3S. The quantitative estimate of drug-likeness (QED) is 0.104. The molecule has 0 fully saturated rings. The highest BCUT2D eigenvalue weighted by atomic mass is 32.1. The Labute approximate surface area is 225 Å². The maximum atomic E-state index is 13.9. The second-order valence-electron chi connectivity index (χ2n) is 8.76. The lowest BCUT2D eigenvalue weighted by Gasteiger charge is -2.27. The summed E-state index contributed by atoms with van der Waals surface area (Å²) < 4.78 is 0. The summed E-state index contributed by atoms with van der Waals surface area (Å²) >= 11 is 5.52. The zero-order valence-corrected chi connectivity index (χ0v) is 21.3. The van der Waals surface area contributed by atoms with Gasteiger partial charge in [-0.1, -0.05) is 109 Å². The highest BCUT2D eigenvalue weighted by Gasteiger charge is 2.42. The largest absolute Gasteiger partial charge is 0.293 e. The van der Waals surface area contributed by atoms with E-state index < -0.39 is 17.9 Å². The van der Waals surface area contributed by atoms with E-state index in [2.05, 4.69) is 10.5 Å². The zero-order valence-electron chi connectivity index (χ0n) is 20.5. The number of Topliss-reactive ketones (excluding diaryl/α,β-unsaturated/α-hetero) is 1. The van der Waals surface area contributed by atoms with E-state index in [1.165, 1.54) is 11.8 Å². The molecule has 1 heterocycles. The summed E-state index contributed by atoms with van der Waals surface area (Å²) in [6.07, 6.45) is 0. The van der Waals surface area contributed by atoms with Crippen molar-refractivity contribution in [2.45, 2.75) is 13.0 Å². The van der Waals surface area contributed by atoms with E-state index in [0.717, 1.165) is 11.1 Å². The fraction of sp³-hybridized carbons (Fsp3) is 0.0645. The van der Waals surface area contributed by atoms with Gasteiger partial charge in [-0.05, 0) is 28.8 Å². The van der Waals surface area contributed by atoms with Crippen LogP contribution >= 0.6 is 12.2 Å². The Hall–Kier alpha value is -4.75. The number of hydrogen-bond acceptors (Lipinski definition) is 6. The van der Waals surface area contributed by atoms with Crippen LogP contribution in [0.25, 0.3) is 0 Å². The number of hydrogen-bond donors (Lipinski definition) is 1. The summed E-state index contributed by atoms with van der Waals surface area (Å²) in [6.45, 7) is 1.38. The summed E-state index contributed by atoms with van der Waals surface area (Å²) in [5.41, 5.74) is 6.00. The Bertz CT molecular complexity index is 1530. The van der Waals surface area contributed by atoms with Crippen molar-refractivity contribution >= 4 is 46.1 Å². The van der Waals surface area contributed by atoms with E-state index >= 15 is 0 Å². The van der Waals surface area contributed by atoms with Crippen molar-refractivity contribution < 1.29 is 14.4 Å². The van der Waals surface area contributed by atoms with Gasteiger partial charge in [0, 0.05) is 6.92 Å². The molecule has 38 heavy (non-hydrogen) atoms. The molecule has 4 aromatic carbocycles. The minimum Gasteiger partial charge on any atom is -0.293 e. The smallest absolute Gasteiger partial charge is 0.264 e. The lowest BCUT2D eigenvalue weighted by Crippen LogP contribution is -2.34. The minimum atomic E-state index is -0.611. The van der Waals surface area contributed by atoms with Crippen LogP contribution in [0.3, 0.4) is 0 Å². The minimum absolute atomic E-state index is 0.0591. The normalized spacial score (nSPS) is 13.0. The van der Waals surface area contributed by atoms with E-state index in [4.69, 9.17) is 12.2 Å². The van der Waals surface area contributed by atoms with Crippen molar-refractivity contribution in [1.82, 2.24) is 4.90 Å². The number of ketones is 1. The van der Waals surface area contributed by atoms with Crippen molar-refractivity contribution in [3.63, 3.8) is 0 Å². The Morgan fingerprint density at radius 3 is 1.87 bits per heavy atom. The molecular weight excluding hydrogens is 494 g/mol. The first kappa shape index (κ1) is 24.9. The summed E-state index contributed by atoms with van der Waals surface area (Å²) in [5.74, 6) is -1.17. The van der Waals surface area contributed by atoms with Crippen molar-refractivity contribution in [3.05, 3.63) is 137 Å². The molecule has 0 saturated carbocycles. The number of rotatable bonds is 8. The average molecular weight is 518 g/mol. The van der Waals surface area contributed by atoms with E-state index in [-0.39, 0.29) is 27.5 Å². The van der Waals surface area contributed by atoms with Gasteiger partial charge < -0.3 is 0 Å². The summed E-state index contributed by atoms with van der Waals surface area (Å²) in [4.78, 5) is 41.5. The van der Waals surface area contributed by atoms with Crippen LogP contribution in [0.2, 0.25) is 0 Å². The highest BCUT2D eigenvalue weighted by molar-refractivity contribution is 7.83. The van der Waals surface area contributed by atoms with Gasteiger partial charge in [0.15, 0.2) is 5.78 Å². The van der Waals surface area contributed by atoms with Gasteiger partial charge in [0.05, 0.1) is 27.7 Å². The maximum absolute atomic E-state index is 13.9. The maximum Gasteiger partial charge on any atom is 0.264 e.